The number of halogens is 2. The van der Waals surface area contributed by atoms with E-state index in [0.717, 1.165) is 11.1 Å². The average Bonchev–Trinajstić information content (AvgIpc) is 2.80. The van der Waals surface area contributed by atoms with Crippen LogP contribution in [0.25, 0.3) is 11.1 Å². The molecule has 0 unspecified atom stereocenters. The molecule has 2 fully saturated rings. The Hall–Kier alpha value is -8.88. The molecule has 0 aliphatic carbocycles. The molecule has 4 heterocycles. The summed E-state index contributed by atoms with van der Waals surface area (Å²) in [4.78, 5) is 120. The number of nitrogens with zero attached hydrogens (tertiary/aromatic N) is 4. The van der Waals surface area contributed by atoms with Crippen molar-refractivity contribution < 1.29 is 47.1 Å². The Morgan fingerprint density at radius 2 is 0.849 bits per heavy atom. The SMILES string of the molecule is CN[C@@H](C)C(=O)N[C@@H](CCCCNC(=O)c1ccc(-c2ccc(C(=O)NCCCC[C@H](NC(=O)[C@H](C)NC)C(=O)N3CCC[C@H]3c3cncc(C(=O)c4ccc(F)cc4)c3)cc2)cc1)C(=O)N1CCC[C@H]1c1cncc(C(=O)c2ccc(F)cc2)c1. The molecule has 20 heteroatoms. The third-order valence-electron chi connectivity index (χ3n) is 16.0. The van der Waals surface area contributed by atoms with Gasteiger partial charge in [-0.05, 0) is 199 Å². The van der Waals surface area contributed by atoms with Crippen molar-refractivity contribution in [2.75, 3.05) is 40.3 Å². The number of likely N-dealkylation sites (N-methyl/N-ethyl adjacent to an activating group) is 2. The van der Waals surface area contributed by atoms with Crippen LogP contribution in [0.2, 0.25) is 0 Å². The second-order valence-corrected chi connectivity index (χ2v) is 21.9. The number of aromatic nitrogens is 2. The molecule has 18 nitrogen and oxygen atoms in total. The summed E-state index contributed by atoms with van der Waals surface area (Å²) in [7, 11) is 3.32. The number of amides is 6. The van der Waals surface area contributed by atoms with Crippen LogP contribution in [0.15, 0.2) is 134 Å². The summed E-state index contributed by atoms with van der Waals surface area (Å²) in [6.45, 7) is 4.98. The number of ketones is 2. The molecule has 2 aliphatic rings. The van der Waals surface area contributed by atoms with Crippen molar-refractivity contribution in [3.8, 4) is 11.1 Å². The normalized spacial score (nSPS) is 16.1. The van der Waals surface area contributed by atoms with Crippen molar-refractivity contribution in [1.82, 2.24) is 51.7 Å². The van der Waals surface area contributed by atoms with Gasteiger partial charge in [0.2, 0.25) is 23.6 Å². The predicted molar refractivity (Wildman–Crippen MR) is 321 cm³/mol. The van der Waals surface area contributed by atoms with Gasteiger partial charge in [0, 0.05) is 84.3 Å². The Morgan fingerprint density at radius 1 is 0.488 bits per heavy atom. The molecule has 8 rings (SSSR count). The first-order chi connectivity index (χ1) is 41.5. The third-order valence-corrected chi connectivity index (χ3v) is 16.0. The van der Waals surface area contributed by atoms with Crippen LogP contribution in [-0.2, 0) is 19.2 Å². The van der Waals surface area contributed by atoms with E-state index in [-0.39, 0.29) is 59.1 Å². The second-order valence-electron chi connectivity index (χ2n) is 21.9. The topological polar surface area (TPSA) is 241 Å². The molecule has 0 saturated carbocycles. The van der Waals surface area contributed by atoms with Crippen LogP contribution in [0.3, 0.4) is 0 Å². The molecule has 6 N–H and O–H groups in total. The van der Waals surface area contributed by atoms with Crippen molar-refractivity contribution in [3.05, 3.63) is 190 Å². The Morgan fingerprint density at radius 3 is 1.21 bits per heavy atom. The maximum Gasteiger partial charge on any atom is 0.251 e. The number of hydrogen-bond acceptors (Lipinski definition) is 12. The van der Waals surface area contributed by atoms with Crippen LogP contribution in [0.1, 0.15) is 154 Å². The predicted octanol–water partition coefficient (Wildman–Crippen LogP) is 7.60. The van der Waals surface area contributed by atoms with Crippen LogP contribution in [0.5, 0.6) is 0 Å². The summed E-state index contributed by atoms with van der Waals surface area (Å²) >= 11 is 0. The van der Waals surface area contributed by atoms with Crippen LogP contribution < -0.4 is 31.9 Å². The molecule has 0 bridgehead atoms. The fourth-order valence-corrected chi connectivity index (χ4v) is 10.8. The van der Waals surface area contributed by atoms with E-state index in [2.05, 4.69) is 41.9 Å². The van der Waals surface area contributed by atoms with Crippen molar-refractivity contribution in [2.24, 2.45) is 0 Å². The summed E-state index contributed by atoms with van der Waals surface area (Å²) < 4.78 is 27.1. The quantitative estimate of drug-likeness (QED) is 0.0216. The minimum absolute atomic E-state index is 0.246. The van der Waals surface area contributed by atoms with Crippen LogP contribution in [0, 0.1) is 11.6 Å². The zero-order valence-corrected chi connectivity index (χ0v) is 48.9. The highest BCUT2D eigenvalue weighted by Gasteiger charge is 2.37. The van der Waals surface area contributed by atoms with Gasteiger partial charge in [-0.2, -0.15) is 0 Å². The van der Waals surface area contributed by atoms with Crippen LogP contribution in [0.4, 0.5) is 8.78 Å². The van der Waals surface area contributed by atoms with E-state index in [4.69, 9.17) is 0 Å². The Bertz CT molecular complexity index is 3140. The molecule has 450 valence electrons. The van der Waals surface area contributed by atoms with Gasteiger partial charge in [-0.25, -0.2) is 8.78 Å². The summed E-state index contributed by atoms with van der Waals surface area (Å²) in [6, 6.07) is 24.7. The highest BCUT2D eigenvalue weighted by Crippen LogP contribution is 2.35. The van der Waals surface area contributed by atoms with Gasteiger partial charge in [-0.15, -0.1) is 0 Å². The lowest BCUT2D eigenvalue weighted by Gasteiger charge is -2.30. The highest BCUT2D eigenvalue weighted by atomic mass is 19.1. The number of carbonyl (C=O) groups excluding carboxylic acids is 8. The van der Waals surface area contributed by atoms with Gasteiger partial charge >= 0.3 is 0 Å². The fraction of sp³-hybridized carbons (Fsp3) is 0.364. The van der Waals surface area contributed by atoms with Crippen molar-refractivity contribution in [2.45, 2.75) is 114 Å². The molecule has 4 aromatic carbocycles. The number of pyridine rings is 2. The van der Waals surface area contributed by atoms with E-state index in [1.165, 1.54) is 60.9 Å². The monoisotopic (exact) mass is 1170 g/mol. The summed E-state index contributed by atoms with van der Waals surface area (Å²) in [6.07, 6.45) is 11.7. The van der Waals surface area contributed by atoms with Gasteiger partial charge in [0.25, 0.3) is 11.8 Å². The first-order valence-corrected chi connectivity index (χ1v) is 29.4. The van der Waals surface area contributed by atoms with Gasteiger partial charge in [-0.3, -0.25) is 48.3 Å². The number of nitrogens with one attached hydrogen (secondary N) is 6. The Labute approximate surface area is 499 Å². The van der Waals surface area contributed by atoms with E-state index in [1.807, 2.05) is 24.3 Å². The Kier molecular flexibility index (Phi) is 22.2. The molecule has 2 aromatic heterocycles. The van der Waals surface area contributed by atoms with E-state index in [1.54, 1.807) is 86.5 Å². The zero-order valence-electron chi connectivity index (χ0n) is 48.9. The second kappa shape index (κ2) is 30.3. The van der Waals surface area contributed by atoms with Gasteiger partial charge in [0.05, 0.1) is 24.2 Å². The number of likely N-dealkylation sites (tertiary alicyclic amines) is 2. The fourth-order valence-electron chi connectivity index (χ4n) is 10.8. The molecule has 6 amide bonds. The van der Waals surface area contributed by atoms with E-state index < -0.39 is 35.8 Å². The van der Waals surface area contributed by atoms with Crippen molar-refractivity contribution in [1.29, 1.82) is 0 Å². The zero-order chi connectivity index (χ0) is 61.3. The lowest BCUT2D eigenvalue weighted by atomic mass is 9.99. The van der Waals surface area contributed by atoms with Gasteiger partial charge in [0.15, 0.2) is 11.6 Å². The molecule has 86 heavy (non-hydrogen) atoms. The first-order valence-electron chi connectivity index (χ1n) is 29.4. The molecule has 2 aliphatic heterocycles. The minimum atomic E-state index is -0.837. The maximum absolute atomic E-state index is 14.3. The number of rotatable bonds is 27. The van der Waals surface area contributed by atoms with Gasteiger partial charge in [-0.1, -0.05) is 24.3 Å². The van der Waals surface area contributed by atoms with Crippen molar-refractivity contribution >= 4 is 47.0 Å². The smallest absolute Gasteiger partial charge is 0.251 e. The third kappa shape index (κ3) is 16.3. The van der Waals surface area contributed by atoms with Gasteiger partial charge in [0.1, 0.15) is 23.7 Å². The summed E-state index contributed by atoms with van der Waals surface area (Å²) in [5, 5.41) is 17.6. The molecular formula is C66H74F2N10O8. The largest absolute Gasteiger partial charge is 0.352 e. The van der Waals surface area contributed by atoms with E-state index >= 15 is 0 Å². The lowest BCUT2D eigenvalue weighted by Crippen LogP contribution is -2.52. The van der Waals surface area contributed by atoms with E-state index in [9.17, 15) is 47.1 Å². The highest BCUT2D eigenvalue weighted by molar-refractivity contribution is 6.09. The Balaban J connectivity index is 0.787. The van der Waals surface area contributed by atoms with Crippen molar-refractivity contribution in [3.63, 3.8) is 0 Å². The first kappa shape index (κ1) is 63.1. The molecular weight excluding hydrogens is 1100 g/mol. The molecule has 2 saturated heterocycles. The van der Waals surface area contributed by atoms with Gasteiger partial charge < -0.3 is 41.7 Å². The lowest BCUT2D eigenvalue weighted by molar-refractivity contribution is -0.138. The summed E-state index contributed by atoms with van der Waals surface area (Å²) in [5.41, 5.74) is 5.23. The maximum atomic E-state index is 14.3. The summed E-state index contributed by atoms with van der Waals surface area (Å²) in [5.74, 6) is -3.22. The number of benzene rings is 4. The number of unbranched alkanes of at least 4 members (excludes halogenated alkanes) is 2. The van der Waals surface area contributed by atoms with Crippen LogP contribution in [-0.4, -0.2) is 131 Å². The van der Waals surface area contributed by atoms with Crippen LogP contribution >= 0.6 is 0 Å². The standard InChI is InChI=1S/C66H74F2N10O8/c1-41(69-3)61(81)75-55(65(85)77-33-9-13-57(77)49-35-51(39-71-37-49)59(79)45-23-27-53(67)28-24-45)11-5-7-31-73-63(83)47-19-15-43(16-20-47)44-17-21-48(22-18-44)64(84)74-32-8-6-12-56(76-62(82)42(2)70-4)66(86)78-34-10-14-58(78)50-36-52(40-72-38-50)60(80)46-25-29-54(68)30-26-46/h15-30,35-42,55-58,69-70H,5-14,31-34H2,1-4H3,(H,73,83)(H,74,84)(H,75,81)(H,76,82)/t41-,42-,55-,56-,57-,58-/m0/s1. The minimum Gasteiger partial charge on any atom is -0.352 e. The molecule has 6 aromatic rings. The average molecular weight is 1170 g/mol. The van der Waals surface area contributed by atoms with E-state index in [0.29, 0.717) is 135 Å². The molecule has 6 atom stereocenters. The molecule has 0 spiro atoms. The molecule has 0 radical (unpaired) electrons. The number of hydrogen-bond donors (Lipinski definition) is 6. The number of carbonyl (C=O) groups is 8.